The second-order valence-corrected chi connectivity index (χ2v) is 20.9. The van der Waals surface area contributed by atoms with E-state index in [0.717, 1.165) is 60.1 Å². The number of hydrogen-bond acceptors (Lipinski definition) is 6. The number of fused-ring (bicyclic) bond motifs is 7. The predicted molar refractivity (Wildman–Crippen MR) is 211 cm³/mol. The maximum Gasteiger partial charge on any atom is 0.280 e. The van der Waals surface area contributed by atoms with Crippen molar-refractivity contribution in [3.8, 4) is 23.2 Å². The highest BCUT2D eigenvalue weighted by Crippen LogP contribution is 2.37. The number of aromatic nitrogens is 6. The second-order valence-electron chi connectivity index (χ2n) is 13.5. The number of imidazole rings is 2. The molecule has 10 heteroatoms. The van der Waals surface area contributed by atoms with E-state index in [1.807, 2.05) is 65.2 Å². The van der Waals surface area contributed by atoms with Gasteiger partial charge in [0, 0.05) is 10.4 Å². The third kappa shape index (κ3) is 4.44. The Kier molecular flexibility index (Phi) is 6.79. The van der Waals surface area contributed by atoms with Gasteiger partial charge in [-0.1, -0.05) is 115 Å². The number of benzene rings is 6. The number of para-hydroxylation sites is 6. The van der Waals surface area contributed by atoms with Crippen LogP contribution in [0.25, 0.3) is 33.8 Å². The molecule has 1 aliphatic heterocycles. The Morgan fingerprint density at radius 3 is 1.98 bits per heavy atom. The van der Waals surface area contributed by atoms with Crippen molar-refractivity contribution in [3.63, 3.8) is 0 Å². The zero-order valence-corrected chi connectivity index (χ0v) is 30.5. The Hall–Kier alpha value is -6.37. The minimum absolute atomic E-state index is 0.494. The third-order valence-corrected chi connectivity index (χ3v) is 17.1. The smallest absolute Gasteiger partial charge is 0.280 e. The average molecular weight is 709 g/mol. The van der Waals surface area contributed by atoms with Crippen molar-refractivity contribution in [1.29, 1.82) is 0 Å². The van der Waals surface area contributed by atoms with Gasteiger partial charge in [0.2, 0.25) is 19.8 Å². The first-order chi connectivity index (χ1) is 25.5. The summed E-state index contributed by atoms with van der Waals surface area (Å²) in [5.74, 6) is 3.47. The topological polar surface area (TPSA) is 79.4 Å². The summed E-state index contributed by atoms with van der Waals surface area (Å²) in [6.45, 7) is 4.44. The van der Waals surface area contributed by atoms with Gasteiger partial charge < -0.3 is 9.16 Å². The molecule has 9 aromatic rings. The zero-order valence-electron chi connectivity index (χ0n) is 28.5. The maximum atomic E-state index is 7.05. The third-order valence-electron chi connectivity index (χ3n) is 10.1. The van der Waals surface area contributed by atoms with E-state index in [1.54, 1.807) is 6.33 Å². The minimum Gasteiger partial charge on any atom is -0.537 e. The molecule has 0 fully saturated rings. The van der Waals surface area contributed by atoms with Crippen LogP contribution in [0.5, 0.6) is 17.2 Å². The van der Waals surface area contributed by atoms with Gasteiger partial charge in [-0.15, -0.1) is 0 Å². The Morgan fingerprint density at radius 1 is 0.577 bits per heavy atom. The molecule has 0 bridgehead atoms. The van der Waals surface area contributed by atoms with Crippen LogP contribution >= 0.6 is 0 Å². The van der Waals surface area contributed by atoms with Crippen molar-refractivity contribution in [2.24, 2.45) is 0 Å². The van der Waals surface area contributed by atoms with Crippen molar-refractivity contribution in [2.45, 2.75) is 13.1 Å². The van der Waals surface area contributed by atoms with Crippen LogP contribution in [-0.2, 0) is 0 Å². The summed E-state index contributed by atoms with van der Waals surface area (Å²) in [4.78, 5) is 20.6. The molecular formula is C42H32N6O2Si2. The van der Waals surface area contributed by atoms with E-state index in [1.165, 1.54) is 0 Å². The highest BCUT2D eigenvalue weighted by Gasteiger charge is 2.49. The predicted octanol–water partition coefficient (Wildman–Crippen LogP) is 5.59. The normalized spacial score (nSPS) is 13.7. The number of hydrogen-bond donors (Lipinski definition) is 0. The average Bonchev–Trinajstić information content (AvgIpc) is 3.68. The van der Waals surface area contributed by atoms with Gasteiger partial charge >= 0.3 is 0 Å². The molecule has 0 amide bonds. The van der Waals surface area contributed by atoms with Crippen molar-refractivity contribution in [1.82, 2.24) is 28.9 Å². The van der Waals surface area contributed by atoms with Crippen molar-refractivity contribution in [3.05, 3.63) is 158 Å². The Morgan fingerprint density at radius 2 is 1.21 bits per heavy atom. The molecule has 0 saturated heterocycles. The lowest BCUT2D eigenvalue weighted by Gasteiger charge is -2.33. The molecule has 250 valence electrons. The van der Waals surface area contributed by atoms with Crippen LogP contribution in [0.2, 0.25) is 13.1 Å². The van der Waals surface area contributed by atoms with E-state index in [9.17, 15) is 0 Å². The summed E-state index contributed by atoms with van der Waals surface area (Å²) in [5.41, 5.74) is 4.57. The standard InChI is InChI=1S/C42H32N6O2Si2/c1-51(2)37-26-14-13-24-35(37)49-39-36(50-51)25-15-27-38(39)52(29-16-5-3-6-17-29,30-18-7-4-8-19-30)41-44-28-43-40(46-41)48-34-23-12-11-22-33(34)47-32-21-10-9-20-31(32)45-42(47)48/h3-28H,1-2H3. The summed E-state index contributed by atoms with van der Waals surface area (Å²) < 4.78 is 18.3. The molecule has 10 rings (SSSR count). The lowest BCUT2D eigenvalue weighted by Crippen LogP contribution is -2.76. The molecule has 0 spiro atoms. The number of nitrogens with zero attached hydrogens (tertiary/aromatic N) is 6. The largest absolute Gasteiger partial charge is 0.537 e. The van der Waals surface area contributed by atoms with Crippen molar-refractivity contribution < 1.29 is 9.16 Å². The van der Waals surface area contributed by atoms with Crippen LogP contribution in [0.1, 0.15) is 0 Å². The van der Waals surface area contributed by atoms with E-state index < -0.39 is 16.4 Å². The number of rotatable bonds is 5. The molecule has 0 aliphatic carbocycles. The SMILES string of the molecule is C[Si]1(C)Oc2cccc([Si](c3ccccc3)(c3ccccc3)c3ncnc(-n4c5ccccc5n5c6ccccc6nc45)n3)c2Oc2ccccc21. The van der Waals surface area contributed by atoms with Gasteiger partial charge in [-0.3, -0.25) is 4.40 Å². The Balaban J connectivity index is 1.30. The summed E-state index contributed by atoms with van der Waals surface area (Å²) in [6.07, 6.45) is 1.64. The van der Waals surface area contributed by atoms with E-state index in [2.05, 4.69) is 108 Å². The van der Waals surface area contributed by atoms with Crippen LogP contribution in [-0.4, -0.2) is 45.3 Å². The molecule has 0 N–H and O–H groups in total. The Bertz CT molecular complexity index is 2760. The maximum absolute atomic E-state index is 7.05. The molecule has 0 unspecified atom stereocenters. The molecule has 0 saturated carbocycles. The molecule has 8 nitrogen and oxygen atoms in total. The molecule has 0 radical (unpaired) electrons. The number of ether oxygens (including phenoxy) is 1. The van der Waals surface area contributed by atoms with Crippen molar-refractivity contribution in [2.75, 3.05) is 0 Å². The fourth-order valence-electron chi connectivity index (χ4n) is 7.85. The van der Waals surface area contributed by atoms with E-state index >= 15 is 0 Å². The fraction of sp³-hybridized carbons (Fsp3) is 0.0476. The lowest BCUT2D eigenvalue weighted by atomic mass is 10.3. The van der Waals surface area contributed by atoms with E-state index in [4.69, 9.17) is 29.1 Å². The van der Waals surface area contributed by atoms with Crippen LogP contribution in [0, 0.1) is 0 Å². The summed E-state index contributed by atoms with van der Waals surface area (Å²) >= 11 is 0. The summed E-state index contributed by atoms with van der Waals surface area (Å²) in [5, 5.41) is 4.33. The highest BCUT2D eigenvalue weighted by atomic mass is 28.4. The van der Waals surface area contributed by atoms with E-state index in [-0.39, 0.29) is 0 Å². The van der Waals surface area contributed by atoms with Gasteiger partial charge in [0.05, 0.1) is 22.1 Å². The molecule has 4 heterocycles. The molecule has 3 aromatic heterocycles. The molecular weight excluding hydrogens is 677 g/mol. The van der Waals surface area contributed by atoms with Crippen LogP contribution in [0.15, 0.2) is 158 Å². The van der Waals surface area contributed by atoms with Crippen LogP contribution in [0.3, 0.4) is 0 Å². The van der Waals surface area contributed by atoms with E-state index in [0.29, 0.717) is 17.1 Å². The highest BCUT2D eigenvalue weighted by molar-refractivity contribution is 7.19. The first-order valence-electron chi connectivity index (χ1n) is 17.3. The second kappa shape index (κ2) is 11.6. The minimum atomic E-state index is -3.37. The molecule has 6 aromatic carbocycles. The molecule has 0 atom stereocenters. The molecule has 1 aliphatic rings. The van der Waals surface area contributed by atoms with Crippen LogP contribution in [0.4, 0.5) is 0 Å². The van der Waals surface area contributed by atoms with Gasteiger partial charge in [0.1, 0.15) is 23.3 Å². The first-order valence-corrected chi connectivity index (χ1v) is 22.2. The van der Waals surface area contributed by atoms with Gasteiger partial charge in [-0.2, -0.15) is 0 Å². The van der Waals surface area contributed by atoms with Gasteiger partial charge in [0.25, 0.3) is 8.32 Å². The van der Waals surface area contributed by atoms with Gasteiger partial charge in [0.15, 0.2) is 5.75 Å². The monoisotopic (exact) mass is 708 g/mol. The van der Waals surface area contributed by atoms with Crippen LogP contribution < -0.4 is 35.4 Å². The summed E-state index contributed by atoms with van der Waals surface area (Å²) in [6, 6.07) is 52.2. The fourth-order valence-corrected chi connectivity index (χ4v) is 14.4. The summed E-state index contributed by atoms with van der Waals surface area (Å²) in [7, 11) is -5.78. The molecule has 52 heavy (non-hydrogen) atoms. The quantitative estimate of drug-likeness (QED) is 0.172. The van der Waals surface area contributed by atoms with Gasteiger partial charge in [-0.05, 0) is 59.9 Å². The van der Waals surface area contributed by atoms with Gasteiger partial charge in [-0.25, -0.2) is 24.5 Å². The lowest BCUT2D eigenvalue weighted by molar-refractivity contribution is 0.465. The Labute approximate surface area is 301 Å². The zero-order chi connectivity index (χ0) is 34.9. The first kappa shape index (κ1) is 30.5. The van der Waals surface area contributed by atoms with Crippen molar-refractivity contribution >= 4 is 70.4 Å².